The SMILES string of the molecule is O=[N+]([O-])c1ccc(N2CC[NH2+]CC2)cc1N1CCc2ccccc2C1. The second-order valence-electron chi connectivity index (χ2n) is 6.72. The van der Waals surface area contributed by atoms with Crippen molar-refractivity contribution < 1.29 is 10.2 Å². The Morgan fingerprint density at radius 3 is 2.48 bits per heavy atom. The molecule has 0 saturated carbocycles. The largest absolute Gasteiger partial charge is 0.361 e. The quantitative estimate of drug-likeness (QED) is 0.680. The summed E-state index contributed by atoms with van der Waals surface area (Å²) in [5.41, 5.74) is 4.65. The summed E-state index contributed by atoms with van der Waals surface area (Å²) < 4.78 is 0. The molecule has 0 radical (unpaired) electrons. The maximum Gasteiger partial charge on any atom is 0.292 e. The Balaban J connectivity index is 1.68. The van der Waals surface area contributed by atoms with Crippen LogP contribution in [0.3, 0.4) is 0 Å². The van der Waals surface area contributed by atoms with E-state index in [1.807, 2.05) is 18.2 Å². The summed E-state index contributed by atoms with van der Waals surface area (Å²) in [6.45, 7) is 5.66. The molecule has 0 unspecified atom stereocenters. The van der Waals surface area contributed by atoms with Crippen molar-refractivity contribution in [2.75, 3.05) is 42.5 Å². The number of benzene rings is 2. The monoisotopic (exact) mass is 339 g/mol. The highest BCUT2D eigenvalue weighted by atomic mass is 16.6. The molecule has 130 valence electrons. The molecule has 1 saturated heterocycles. The molecule has 0 amide bonds. The second-order valence-corrected chi connectivity index (χ2v) is 6.72. The van der Waals surface area contributed by atoms with Gasteiger partial charge in [0.15, 0.2) is 0 Å². The van der Waals surface area contributed by atoms with E-state index in [1.54, 1.807) is 6.07 Å². The van der Waals surface area contributed by atoms with Crippen LogP contribution >= 0.6 is 0 Å². The Morgan fingerprint density at radius 2 is 1.72 bits per heavy atom. The topological polar surface area (TPSA) is 66.2 Å². The first-order valence-electron chi connectivity index (χ1n) is 8.89. The summed E-state index contributed by atoms with van der Waals surface area (Å²) in [5, 5.41) is 13.9. The predicted octanol–water partition coefficient (Wildman–Crippen LogP) is 1.54. The van der Waals surface area contributed by atoms with E-state index in [1.165, 1.54) is 11.1 Å². The lowest BCUT2D eigenvalue weighted by Crippen LogP contribution is -2.89. The normalized spacial score (nSPS) is 17.3. The third-order valence-electron chi connectivity index (χ3n) is 5.20. The van der Waals surface area contributed by atoms with Gasteiger partial charge >= 0.3 is 0 Å². The van der Waals surface area contributed by atoms with E-state index in [9.17, 15) is 10.1 Å². The van der Waals surface area contributed by atoms with Gasteiger partial charge in [0, 0.05) is 24.8 Å². The Bertz CT molecular complexity index is 787. The van der Waals surface area contributed by atoms with Crippen molar-refractivity contribution >= 4 is 17.1 Å². The average Bonchev–Trinajstić information content (AvgIpc) is 2.67. The third kappa shape index (κ3) is 3.17. The fraction of sp³-hybridized carbons (Fsp3) is 0.368. The number of anilines is 2. The molecule has 2 heterocycles. The molecule has 6 nitrogen and oxygen atoms in total. The van der Waals surface area contributed by atoms with E-state index in [-0.39, 0.29) is 10.6 Å². The van der Waals surface area contributed by atoms with Gasteiger partial charge in [0.1, 0.15) is 5.69 Å². The van der Waals surface area contributed by atoms with Gasteiger partial charge in [-0.1, -0.05) is 24.3 Å². The zero-order chi connectivity index (χ0) is 17.2. The van der Waals surface area contributed by atoms with E-state index in [0.29, 0.717) is 0 Å². The molecule has 0 atom stereocenters. The molecular weight excluding hydrogens is 316 g/mol. The van der Waals surface area contributed by atoms with Gasteiger partial charge in [0.2, 0.25) is 0 Å². The number of nitro benzene ring substituents is 1. The number of nitrogens with two attached hydrogens (primary N) is 1. The van der Waals surface area contributed by atoms with E-state index in [2.05, 4.69) is 33.3 Å². The van der Waals surface area contributed by atoms with Crippen LogP contribution in [0.15, 0.2) is 42.5 Å². The molecule has 6 heteroatoms. The Kier molecular flexibility index (Phi) is 4.28. The third-order valence-corrected chi connectivity index (χ3v) is 5.20. The molecule has 0 bridgehead atoms. The van der Waals surface area contributed by atoms with E-state index >= 15 is 0 Å². The molecule has 25 heavy (non-hydrogen) atoms. The van der Waals surface area contributed by atoms with Crippen molar-refractivity contribution in [1.29, 1.82) is 0 Å². The van der Waals surface area contributed by atoms with E-state index in [4.69, 9.17) is 0 Å². The van der Waals surface area contributed by atoms with Gasteiger partial charge in [-0.25, -0.2) is 0 Å². The lowest BCUT2D eigenvalue weighted by molar-refractivity contribution is -0.655. The number of rotatable bonds is 3. The number of piperazine rings is 1. The first-order valence-corrected chi connectivity index (χ1v) is 8.89. The number of nitro groups is 1. The van der Waals surface area contributed by atoms with Crippen LogP contribution in [0.5, 0.6) is 0 Å². The van der Waals surface area contributed by atoms with Crippen LogP contribution in [0.4, 0.5) is 17.1 Å². The fourth-order valence-electron chi connectivity index (χ4n) is 3.83. The van der Waals surface area contributed by atoms with Crippen molar-refractivity contribution in [3.8, 4) is 0 Å². The number of hydrogen-bond acceptors (Lipinski definition) is 4. The standard InChI is InChI=1S/C19H22N4O2/c24-23(25)18-6-5-17(21-11-8-20-9-12-21)13-19(18)22-10-7-15-3-1-2-4-16(15)14-22/h1-6,13,20H,7-12,14H2/p+1. The van der Waals surface area contributed by atoms with Crippen molar-refractivity contribution in [3.05, 3.63) is 63.7 Å². The minimum atomic E-state index is -0.260. The summed E-state index contributed by atoms with van der Waals surface area (Å²) in [6, 6.07) is 14.0. The van der Waals surface area contributed by atoms with Crippen LogP contribution in [0.25, 0.3) is 0 Å². The van der Waals surface area contributed by atoms with Gasteiger partial charge in [-0.05, 0) is 29.7 Å². The molecular formula is C19H23N4O2+. The van der Waals surface area contributed by atoms with Gasteiger partial charge in [-0.15, -0.1) is 0 Å². The smallest absolute Gasteiger partial charge is 0.292 e. The minimum Gasteiger partial charge on any atom is -0.361 e. The van der Waals surface area contributed by atoms with Crippen LogP contribution in [0.2, 0.25) is 0 Å². The zero-order valence-electron chi connectivity index (χ0n) is 14.2. The fourth-order valence-corrected chi connectivity index (χ4v) is 3.83. The molecule has 2 aliphatic rings. The summed E-state index contributed by atoms with van der Waals surface area (Å²) in [6.07, 6.45) is 0.927. The highest BCUT2D eigenvalue weighted by Gasteiger charge is 2.25. The highest BCUT2D eigenvalue weighted by molar-refractivity contribution is 5.71. The van der Waals surface area contributed by atoms with Crippen LogP contribution in [-0.4, -0.2) is 37.6 Å². The van der Waals surface area contributed by atoms with Crippen molar-refractivity contribution in [1.82, 2.24) is 0 Å². The van der Waals surface area contributed by atoms with Crippen LogP contribution in [0.1, 0.15) is 11.1 Å². The van der Waals surface area contributed by atoms with E-state index in [0.717, 1.165) is 57.1 Å². The zero-order valence-corrected chi connectivity index (χ0v) is 14.2. The van der Waals surface area contributed by atoms with Crippen LogP contribution in [-0.2, 0) is 13.0 Å². The average molecular weight is 339 g/mol. The molecule has 0 aromatic heterocycles. The van der Waals surface area contributed by atoms with Gasteiger partial charge in [0.25, 0.3) is 5.69 Å². The Morgan fingerprint density at radius 1 is 0.960 bits per heavy atom. The molecule has 2 aliphatic heterocycles. The Hall–Kier alpha value is -2.60. The summed E-state index contributed by atoms with van der Waals surface area (Å²) >= 11 is 0. The van der Waals surface area contributed by atoms with Crippen molar-refractivity contribution in [2.24, 2.45) is 0 Å². The minimum absolute atomic E-state index is 0.201. The van der Waals surface area contributed by atoms with Gasteiger partial charge in [-0.3, -0.25) is 10.1 Å². The summed E-state index contributed by atoms with van der Waals surface area (Å²) in [5.74, 6) is 0. The first kappa shape index (κ1) is 15.9. The van der Waals surface area contributed by atoms with Gasteiger partial charge in [0.05, 0.1) is 31.1 Å². The molecule has 0 spiro atoms. The maximum atomic E-state index is 11.6. The molecule has 2 N–H and O–H groups in total. The Labute approximate surface area is 147 Å². The number of nitrogens with zero attached hydrogens (tertiary/aromatic N) is 3. The summed E-state index contributed by atoms with van der Waals surface area (Å²) in [4.78, 5) is 15.8. The number of fused-ring (bicyclic) bond motifs is 1. The van der Waals surface area contributed by atoms with E-state index < -0.39 is 0 Å². The van der Waals surface area contributed by atoms with Crippen LogP contribution < -0.4 is 15.1 Å². The molecule has 0 aliphatic carbocycles. The highest BCUT2D eigenvalue weighted by Crippen LogP contribution is 2.35. The summed E-state index contributed by atoms with van der Waals surface area (Å²) in [7, 11) is 0. The molecule has 4 rings (SSSR count). The number of quaternary nitrogens is 1. The lowest BCUT2D eigenvalue weighted by atomic mass is 9.99. The van der Waals surface area contributed by atoms with Crippen LogP contribution in [0, 0.1) is 10.1 Å². The van der Waals surface area contributed by atoms with Gasteiger partial charge < -0.3 is 15.1 Å². The first-order chi connectivity index (χ1) is 12.2. The molecule has 2 aromatic rings. The maximum absolute atomic E-state index is 11.6. The lowest BCUT2D eigenvalue weighted by Gasteiger charge is -2.32. The van der Waals surface area contributed by atoms with Crippen molar-refractivity contribution in [3.63, 3.8) is 0 Å². The molecule has 1 fully saturated rings. The number of hydrogen-bond donors (Lipinski definition) is 1. The van der Waals surface area contributed by atoms with Gasteiger partial charge in [-0.2, -0.15) is 0 Å². The second kappa shape index (κ2) is 6.72. The predicted molar refractivity (Wildman–Crippen MR) is 98.2 cm³/mol. The molecule has 2 aromatic carbocycles. The van der Waals surface area contributed by atoms with Crippen molar-refractivity contribution in [2.45, 2.75) is 13.0 Å².